The van der Waals surface area contributed by atoms with Gasteiger partial charge in [0.25, 0.3) is 0 Å². The molecule has 2 aromatic carbocycles. The van der Waals surface area contributed by atoms with Gasteiger partial charge in [0.15, 0.2) is 11.7 Å². The first-order chi connectivity index (χ1) is 10.6. The molecular formula is C16H16N2O3S. The van der Waals surface area contributed by atoms with Crippen molar-refractivity contribution >= 4 is 29.0 Å². The van der Waals surface area contributed by atoms with Crippen LogP contribution in [0.5, 0.6) is 5.75 Å². The second-order valence-electron chi connectivity index (χ2n) is 4.50. The van der Waals surface area contributed by atoms with E-state index in [0.717, 1.165) is 11.3 Å². The number of carboxylic acids is 1. The second kappa shape index (κ2) is 7.99. The molecule has 0 aliphatic heterocycles. The van der Waals surface area contributed by atoms with Crippen LogP contribution in [0, 0.1) is 0 Å². The molecule has 22 heavy (non-hydrogen) atoms. The van der Waals surface area contributed by atoms with Crippen LogP contribution in [0.4, 0.5) is 5.69 Å². The van der Waals surface area contributed by atoms with Crippen molar-refractivity contribution in [1.29, 1.82) is 0 Å². The van der Waals surface area contributed by atoms with E-state index in [1.165, 1.54) is 0 Å². The molecular weight excluding hydrogens is 300 g/mol. The normalized spacial score (nSPS) is 9.82. The van der Waals surface area contributed by atoms with Gasteiger partial charge in [-0.25, -0.2) is 4.79 Å². The average Bonchev–Trinajstić information content (AvgIpc) is 2.53. The highest BCUT2D eigenvalue weighted by molar-refractivity contribution is 7.80. The summed E-state index contributed by atoms with van der Waals surface area (Å²) >= 11 is 5.22. The van der Waals surface area contributed by atoms with Crippen LogP contribution in [-0.2, 0) is 11.3 Å². The summed E-state index contributed by atoms with van der Waals surface area (Å²) in [5.41, 5.74) is 1.94. The molecule has 5 nitrogen and oxygen atoms in total. The van der Waals surface area contributed by atoms with Gasteiger partial charge in [-0.05, 0) is 42.0 Å². The molecule has 0 aliphatic rings. The van der Waals surface area contributed by atoms with Crippen molar-refractivity contribution in [2.75, 3.05) is 11.9 Å². The Kier molecular flexibility index (Phi) is 5.73. The Bertz CT molecular complexity index is 630. The number of ether oxygens (including phenoxy) is 1. The molecule has 0 heterocycles. The van der Waals surface area contributed by atoms with Gasteiger partial charge in [0.05, 0.1) is 0 Å². The van der Waals surface area contributed by atoms with Crippen molar-refractivity contribution in [3.05, 3.63) is 60.2 Å². The van der Waals surface area contributed by atoms with Crippen molar-refractivity contribution in [2.45, 2.75) is 6.54 Å². The first-order valence-electron chi connectivity index (χ1n) is 6.67. The highest BCUT2D eigenvalue weighted by Gasteiger charge is 2.01. The van der Waals surface area contributed by atoms with Gasteiger partial charge in [0, 0.05) is 12.2 Å². The van der Waals surface area contributed by atoms with E-state index in [1.54, 1.807) is 24.3 Å². The molecule has 3 N–H and O–H groups in total. The number of anilines is 1. The van der Waals surface area contributed by atoms with Crippen LogP contribution >= 0.6 is 12.2 Å². The van der Waals surface area contributed by atoms with Gasteiger partial charge in [-0.15, -0.1) is 0 Å². The number of rotatable bonds is 6. The standard InChI is InChI=1S/C16H16N2O3S/c19-15(20)11-21-14-8-6-13(7-9-14)18-16(22)17-10-12-4-2-1-3-5-12/h1-9H,10-11H2,(H,19,20)(H2,17,18,22). The molecule has 0 aromatic heterocycles. The lowest BCUT2D eigenvalue weighted by Crippen LogP contribution is -2.27. The Morgan fingerprint density at radius 2 is 1.77 bits per heavy atom. The van der Waals surface area contributed by atoms with Gasteiger partial charge in [-0.3, -0.25) is 0 Å². The minimum atomic E-state index is -1.01. The largest absolute Gasteiger partial charge is 0.482 e. The Labute approximate surface area is 133 Å². The number of nitrogens with one attached hydrogen (secondary N) is 2. The SMILES string of the molecule is O=C(O)COc1ccc(NC(=S)NCc2ccccc2)cc1. The van der Waals surface area contributed by atoms with E-state index in [2.05, 4.69) is 10.6 Å². The molecule has 6 heteroatoms. The molecule has 0 saturated carbocycles. The Morgan fingerprint density at radius 1 is 1.09 bits per heavy atom. The van der Waals surface area contributed by atoms with E-state index >= 15 is 0 Å². The summed E-state index contributed by atoms with van der Waals surface area (Å²) in [7, 11) is 0. The number of hydrogen-bond acceptors (Lipinski definition) is 3. The second-order valence-corrected chi connectivity index (χ2v) is 4.91. The third kappa shape index (κ3) is 5.41. The summed E-state index contributed by atoms with van der Waals surface area (Å²) in [5.74, 6) is -0.510. The summed E-state index contributed by atoms with van der Waals surface area (Å²) in [6.45, 7) is 0.288. The number of benzene rings is 2. The highest BCUT2D eigenvalue weighted by atomic mass is 32.1. The zero-order valence-corrected chi connectivity index (χ0v) is 12.6. The zero-order valence-electron chi connectivity index (χ0n) is 11.8. The van der Waals surface area contributed by atoms with Crippen LogP contribution < -0.4 is 15.4 Å². The summed E-state index contributed by atoms with van der Waals surface area (Å²) in [4.78, 5) is 10.4. The molecule has 0 atom stereocenters. The Morgan fingerprint density at radius 3 is 2.41 bits per heavy atom. The maximum absolute atomic E-state index is 10.4. The van der Waals surface area contributed by atoms with Crippen LogP contribution in [0.25, 0.3) is 0 Å². The maximum atomic E-state index is 10.4. The van der Waals surface area contributed by atoms with Crippen molar-refractivity contribution < 1.29 is 14.6 Å². The smallest absolute Gasteiger partial charge is 0.341 e. The Balaban J connectivity index is 1.80. The van der Waals surface area contributed by atoms with Gasteiger partial charge in [-0.1, -0.05) is 30.3 Å². The predicted octanol–water partition coefficient (Wildman–Crippen LogP) is 2.64. The average molecular weight is 316 g/mol. The van der Waals surface area contributed by atoms with Crippen molar-refractivity contribution in [3.8, 4) is 5.75 Å². The molecule has 2 aromatic rings. The Hall–Kier alpha value is -2.60. The van der Waals surface area contributed by atoms with Gasteiger partial charge < -0.3 is 20.5 Å². The fourth-order valence-electron chi connectivity index (χ4n) is 1.73. The molecule has 0 spiro atoms. The summed E-state index contributed by atoms with van der Waals surface area (Å²) in [6.07, 6.45) is 0. The van der Waals surface area contributed by atoms with Crippen molar-refractivity contribution in [3.63, 3.8) is 0 Å². The third-order valence-electron chi connectivity index (χ3n) is 2.77. The van der Waals surface area contributed by atoms with Crippen LogP contribution in [0.3, 0.4) is 0 Å². The lowest BCUT2D eigenvalue weighted by molar-refractivity contribution is -0.139. The summed E-state index contributed by atoms with van der Waals surface area (Å²) < 4.78 is 5.06. The molecule has 0 fully saturated rings. The predicted molar refractivity (Wildman–Crippen MR) is 89.1 cm³/mol. The van der Waals surface area contributed by atoms with Gasteiger partial charge in [-0.2, -0.15) is 0 Å². The topological polar surface area (TPSA) is 70.6 Å². The van der Waals surface area contributed by atoms with E-state index in [1.807, 2.05) is 30.3 Å². The van der Waals surface area contributed by atoms with Gasteiger partial charge >= 0.3 is 5.97 Å². The highest BCUT2D eigenvalue weighted by Crippen LogP contribution is 2.15. The number of carboxylic acid groups (broad SMARTS) is 1. The molecule has 0 saturated heterocycles. The van der Waals surface area contributed by atoms with E-state index in [0.29, 0.717) is 17.4 Å². The summed E-state index contributed by atoms with van der Waals surface area (Å²) in [5, 5.41) is 15.2. The minimum Gasteiger partial charge on any atom is -0.482 e. The number of aliphatic carboxylic acids is 1. The molecule has 0 radical (unpaired) electrons. The van der Waals surface area contributed by atoms with Crippen LogP contribution in [-0.4, -0.2) is 22.8 Å². The molecule has 114 valence electrons. The molecule has 0 bridgehead atoms. The number of carbonyl (C=O) groups is 1. The fraction of sp³-hybridized carbons (Fsp3) is 0.125. The third-order valence-corrected chi connectivity index (χ3v) is 3.02. The van der Waals surface area contributed by atoms with Crippen LogP contribution in [0.2, 0.25) is 0 Å². The lowest BCUT2D eigenvalue weighted by Gasteiger charge is -2.11. The minimum absolute atomic E-state index is 0.357. The van der Waals surface area contributed by atoms with E-state index in [-0.39, 0.29) is 6.61 Å². The van der Waals surface area contributed by atoms with E-state index in [4.69, 9.17) is 22.1 Å². The lowest BCUT2D eigenvalue weighted by atomic mass is 10.2. The van der Waals surface area contributed by atoms with Crippen LogP contribution in [0.15, 0.2) is 54.6 Å². The summed E-state index contributed by atoms with van der Waals surface area (Å²) in [6, 6.07) is 16.9. The van der Waals surface area contributed by atoms with Crippen LogP contribution in [0.1, 0.15) is 5.56 Å². The zero-order chi connectivity index (χ0) is 15.8. The maximum Gasteiger partial charge on any atom is 0.341 e. The molecule has 0 aliphatic carbocycles. The first-order valence-corrected chi connectivity index (χ1v) is 7.08. The van der Waals surface area contributed by atoms with Crippen molar-refractivity contribution in [1.82, 2.24) is 5.32 Å². The molecule has 2 rings (SSSR count). The first kappa shape index (κ1) is 15.8. The number of hydrogen-bond donors (Lipinski definition) is 3. The molecule has 0 amide bonds. The fourth-order valence-corrected chi connectivity index (χ4v) is 1.92. The van der Waals surface area contributed by atoms with Crippen molar-refractivity contribution in [2.24, 2.45) is 0 Å². The van der Waals surface area contributed by atoms with Gasteiger partial charge in [0.1, 0.15) is 5.75 Å². The molecule has 0 unspecified atom stereocenters. The number of thiocarbonyl (C=S) groups is 1. The quantitative estimate of drug-likeness (QED) is 0.712. The van der Waals surface area contributed by atoms with E-state index < -0.39 is 5.97 Å². The van der Waals surface area contributed by atoms with E-state index in [9.17, 15) is 4.79 Å². The van der Waals surface area contributed by atoms with Gasteiger partial charge in [0.2, 0.25) is 0 Å². The monoisotopic (exact) mass is 316 g/mol.